The van der Waals surface area contributed by atoms with Crippen molar-refractivity contribution in [3.63, 3.8) is 0 Å². The number of aromatic nitrogens is 1. The fourth-order valence-corrected chi connectivity index (χ4v) is 4.76. The first-order valence-electron chi connectivity index (χ1n) is 11.6. The minimum Gasteiger partial charge on any atom is -0.490 e. The second-order valence-electron chi connectivity index (χ2n) is 9.04. The van der Waals surface area contributed by atoms with Crippen molar-refractivity contribution < 1.29 is 23.9 Å². The molecule has 2 aliphatic rings. The molecule has 0 bridgehead atoms. The van der Waals surface area contributed by atoms with Crippen molar-refractivity contribution in [3.05, 3.63) is 77.1 Å². The zero-order valence-corrected chi connectivity index (χ0v) is 20.0. The number of para-hydroxylation sites is 1. The molecule has 3 amide bonds. The van der Waals surface area contributed by atoms with Crippen LogP contribution in [0.2, 0.25) is 0 Å². The van der Waals surface area contributed by atoms with Gasteiger partial charge in [0.15, 0.2) is 17.3 Å². The fourth-order valence-electron chi connectivity index (χ4n) is 4.76. The van der Waals surface area contributed by atoms with E-state index in [4.69, 9.17) is 9.47 Å². The van der Waals surface area contributed by atoms with E-state index >= 15 is 0 Å². The first-order chi connectivity index (χ1) is 16.8. The maximum absolute atomic E-state index is 13.4. The first kappa shape index (κ1) is 22.7. The molecule has 1 unspecified atom stereocenters. The largest absolute Gasteiger partial charge is 0.490 e. The fraction of sp³-hybridized carbons (Fsp3) is 0.296. The summed E-state index contributed by atoms with van der Waals surface area (Å²) in [5.41, 5.74) is 2.33. The number of hydrogen-bond acceptors (Lipinski definition) is 5. The minimum atomic E-state index is -1.32. The maximum Gasteiger partial charge on any atom is 0.325 e. The molecule has 0 radical (unpaired) electrons. The molecule has 0 aliphatic carbocycles. The van der Waals surface area contributed by atoms with Crippen LogP contribution in [-0.2, 0) is 10.3 Å². The Bertz CT molecular complexity index is 1330. The summed E-state index contributed by atoms with van der Waals surface area (Å²) in [6.07, 6.45) is 0.762. The van der Waals surface area contributed by atoms with Gasteiger partial charge in [0.1, 0.15) is 5.54 Å². The van der Waals surface area contributed by atoms with Gasteiger partial charge in [0, 0.05) is 29.1 Å². The van der Waals surface area contributed by atoms with Crippen LogP contribution in [0.4, 0.5) is 4.79 Å². The molecule has 8 nitrogen and oxygen atoms in total. The quantitative estimate of drug-likeness (QED) is 0.448. The molecular weight excluding hydrogens is 446 g/mol. The van der Waals surface area contributed by atoms with Crippen molar-refractivity contribution >= 4 is 17.7 Å². The number of ether oxygens (including phenoxy) is 2. The summed E-state index contributed by atoms with van der Waals surface area (Å²) in [6.45, 7) is 6.14. The Morgan fingerprint density at radius 1 is 1.00 bits per heavy atom. The van der Waals surface area contributed by atoms with Crippen LogP contribution < -0.4 is 14.8 Å². The number of amides is 3. The molecule has 3 aromatic rings. The predicted molar refractivity (Wildman–Crippen MR) is 129 cm³/mol. The Morgan fingerprint density at radius 3 is 2.46 bits per heavy atom. The SMILES string of the molecule is Cc1cc(C(=O)CN2C(=O)NC(C)(c3ccc4c(c3)OCCCO4)C2=O)c(C)n1-c1ccccc1. The topological polar surface area (TPSA) is 89.9 Å². The van der Waals surface area contributed by atoms with E-state index in [0.717, 1.165) is 28.4 Å². The van der Waals surface area contributed by atoms with Crippen LogP contribution >= 0.6 is 0 Å². The summed E-state index contributed by atoms with van der Waals surface area (Å²) in [4.78, 5) is 40.5. The number of hydrogen-bond donors (Lipinski definition) is 1. The molecule has 1 atom stereocenters. The van der Waals surface area contributed by atoms with Gasteiger partial charge in [0.25, 0.3) is 5.91 Å². The molecule has 1 fully saturated rings. The van der Waals surface area contributed by atoms with Crippen LogP contribution in [0.5, 0.6) is 11.5 Å². The summed E-state index contributed by atoms with van der Waals surface area (Å²) < 4.78 is 13.4. The Morgan fingerprint density at radius 2 is 1.71 bits per heavy atom. The van der Waals surface area contributed by atoms with Crippen LogP contribution in [-0.4, -0.2) is 46.9 Å². The Hall–Kier alpha value is -4.07. The van der Waals surface area contributed by atoms with Crippen LogP contribution in [0.3, 0.4) is 0 Å². The lowest BCUT2D eigenvalue weighted by Crippen LogP contribution is -2.41. The van der Waals surface area contributed by atoms with Crippen molar-refractivity contribution in [2.75, 3.05) is 19.8 Å². The van der Waals surface area contributed by atoms with Crippen molar-refractivity contribution in [1.82, 2.24) is 14.8 Å². The molecule has 5 rings (SSSR count). The van der Waals surface area contributed by atoms with E-state index in [-0.39, 0.29) is 12.3 Å². The number of nitrogens with zero attached hydrogens (tertiary/aromatic N) is 2. The Labute approximate surface area is 203 Å². The summed E-state index contributed by atoms with van der Waals surface area (Å²) in [7, 11) is 0. The molecule has 0 saturated carbocycles. The zero-order chi connectivity index (χ0) is 24.7. The van der Waals surface area contributed by atoms with Gasteiger partial charge >= 0.3 is 6.03 Å². The van der Waals surface area contributed by atoms with Crippen molar-refractivity contribution in [2.24, 2.45) is 0 Å². The molecule has 1 saturated heterocycles. The normalized spacial score (nSPS) is 19.5. The molecule has 2 aromatic carbocycles. The molecule has 180 valence electrons. The van der Waals surface area contributed by atoms with Crippen LogP contribution in [0.1, 0.15) is 40.7 Å². The number of aryl methyl sites for hydroxylation is 1. The molecular formula is C27H27N3O5. The second-order valence-corrected chi connectivity index (χ2v) is 9.04. The maximum atomic E-state index is 13.4. The number of imide groups is 1. The number of nitrogens with one attached hydrogen (secondary N) is 1. The molecule has 35 heavy (non-hydrogen) atoms. The van der Waals surface area contributed by atoms with E-state index < -0.39 is 17.5 Å². The Kier molecular flexibility index (Phi) is 5.59. The van der Waals surface area contributed by atoms with E-state index in [1.54, 1.807) is 31.2 Å². The predicted octanol–water partition coefficient (Wildman–Crippen LogP) is 3.91. The smallest absolute Gasteiger partial charge is 0.325 e. The van der Waals surface area contributed by atoms with Crippen LogP contribution in [0, 0.1) is 13.8 Å². The summed E-state index contributed by atoms with van der Waals surface area (Å²) >= 11 is 0. The number of ketones is 1. The molecule has 1 aromatic heterocycles. The van der Waals surface area contributed by atoms with Gasteiger partial charge in [0.05, 0.1) is 19.8 Å². The summed E-state index contributed by atoms with van der Waals surface area (Å²) in [5, 5.41) is 2.77. The molecule has 2 aliphatic heterocycles. The van der Waals surface area contributed by atoms with Crippen LogP contribution in [0.15, 0.2) is 54.6 Å². The van der Waals surface area contributed by atoms with Gasteiger partial charge < -0.3 is 19.4 Å². The van der Waals surface area contributed by atoms with E-state index in [0.29, 0.717) is 35.8 Å². The number of rotatable bonds is 5. The average Bonchev–Trinajstić information content (AvgIpc) is 3.13. The van der Waals surface area contributed by atoms with Gasteiger partial charge in [-0.2, -0.15) is 0 Å². The third-order valence-electron chi connectivity index (χ3n) is 6.65. The number of urea groups is 1. The zero-order valence-electron chi connectivity index (χ0n) is 20.0. The highest BCUT2D eigenvalue weighted by Gasteiger charge is 2.50. The third kappa shape index (κ3) is 3.84. The molecule has 3 heterocycles. The lowest BCUT2D eigenvalue weighted by Gasteiger charge is -2.23. The molecule has 0 spiro atoms. The van der Waals surface area contributed by atoms with Crippen LogP contribution in [0.25, 0.3) is 5.69 Å². The molecule has 1 N–H and O–H groups in total. The number of fused-ring (bicyclic) bond motifs is 1. The number of carbonyl (C=O) groups is 3. The average molecular weight is 474 g/mol. The third-order valence-corrected chi connectivity index (χ3v) is 6.65. The number of Topliss-reactive ketones (excluding diaryl/α,β-unsaturated/α-hetero) is 1. The highest BCUT2D eigenvalue weighted by molar-refractivity contribution is 6.11. The van der Waals surface area contributed by atoms with Gasteiger partial charge in [-0.1, -0.05) is 24.3 Å². The summed E-state index contributed by atoms with van der Waals surface area (Å²) in [6, 6.07) is 16.1. The van der Waals surface area contributed by atoms with E-state index in [1.165, 1.54) is 0 Å². The summed E-state index contributed by atoms with van der Waals surface area (Å²) in [5.74, 6) is 0.354. The number of benzene rings is 2. The van der Waals surface area contributed by atoms with Crippen molar-refractivity contribution in [3.8, 4) is 17.2 Å². The van der Waals surface area contributed by atoms with Crippen molar-refractivity contribution in [1.29, 1.82) is 0 Å². The van der Waals surface area contributed by atoms with Gasteiger partial charge in [-0.3, -0.25) is 14.5 Å². The minimum absolute atomic E-state index is 0.299. The Balaban J connectivity index is 1.40. The van der Waals surface area contributed by atoms with Gasteiger partial charge in [-0.25, -0.2) is 4.79 Å². The lowest BCUT2D eigenvalue weighted by molar-refractivity contribution is -0.130. The monoisotopic (exact) mass is 473 g/mol. The van der Waals surface area contributed by atoms with E-state index in [1.807, 2.05) is 48.7 Å². The first-order valence-corrected chi connectivity index (χ1v) is 11.6. The van der Waals surface area contributed by atoms with E-state index in [2.05, 4.69) is 5.32 Å². The van der Waals surface area contributed by atoms with Gasteiger partial charge in [-0.15, -0.1) is 0 Å². The highest BCUT2D eigenvalue weighted by Crippen LogP contribution is 2.36. The number of carbonyl (C=O) groups excluding carboxylic acids is 3. The molecule has 8 heteroatoms. The van der Waals surface area contributed by atoms with E-state index in [9.17, 15) is 14.4 Å². The standard InChI is InChI=1S/C27H27N3O5/c1-17-14-21(18(2)30(17)20-8-5-4-6-9-20)22(31)16-29-25(32)27(3,28-26(29)33)19-10-11-23-24(15-19)35-13-7-12-34-23/h4-6,8-11,14-15H,7,12-13,16H2,1-3H3,(H,28,33). The van der Waals surface area contributed by atoms with Gasteiger partial charge in [-0.05, 0) is 56.7 Å². The van der Waals surface area contributed by atoms with Gasteiger partial charge in [0.2, 0.25) is 0 Å². The second kappa shape index (κ2) is 8.61. The lowest BCUT2D eigenvalue weighted by atomic mass is 9.91. The highest BCUT2D eigenvalue weighted by atomic mass is 16.5. The van der Waals surface area contributed by atoms with Crippen molar-refractivity contribution in [2.45, 2.75) is 32.7 Å².